The summed E-state index contributed by atoms with van der Waals surface area (Å²) in [7, 11) is 0. The monoisotopic (exact) mass is 262 g/mol. The van der Waals surface area contributed by atoms with Gasteiger partial charge in [-0.2, -0.15) is 0 Å². The molecule has 0 atom stereocenters. The molecule has 1 N–H and O–H groups in total. The summed E-state index contributed by atoms with van der Waals surface area (Å²) in [6.45, 7) is 9.88. The number of hydrogen-bond acceptors (Lipinski definition) is 2. The Balaban J connectivity index is 2.53. The van der Waals surface area contributed by atoms with Gasteiger partial charge < -0.3 is 9.84 Å². The number of ether oxygens (including phenoxy) is 1. The van der Waals surface area contributed by atoms with Gasteiger partial charge in [-0.25, -0.2) is 0 Å². The summed E-state index contributed by atoms with van der Waals surface area (Å²) in [6, 6.07) is 7.65. The number of aliphatic carboxylic acids is 1. The van der Waals surface area contributed by atoms with Crippen LogP contribution < -0.4 is 0 Å². The van der Waals surface area contributed by atoms with Crippen LogP contribution in [0.5, 0.6) is 0 Å². The second kappa shape index (κ2) is 6.41. The molecule has 0 aliphatic carbocycles. The molecule has 0 fully saturated rings. The van der Waals surface area contributed by atoms with Crippen molar-refractivity contribution >= 4 is 5.97 Å². The Kier molecular flexibility index (Phi) is 5.16. The molecule has 0 aromatic heterocycles. The van der Waals surface area contributed by atoms with Gasteiger partial charge in [0.15, 0.2) is 0 Å². The van der Waals surface area contributed by atoms with E-state index in [4.69, 9.17) is 9.84 Å². The minimum Gasteiger partial charge on any atom is -0.493 e. The molecule has 0 amide bonds. The highest BCUT2D eigenvalue weighted by atomic mass is 16.5. The van der Waals surface area contributed by atoms with Gasteiger partial charge >= 0.3 is 5.97 Å². The summed E-state index contributed by atoms with van der Waals surface area (Å²) in [5, 5.41) is 8.77. The fourth-order valence-corrected chi connectivity index (χ4v) is 1.84. The maximum atomic E-state index is 10.7. The van der Waals surface area contributed by atoms with E-state index in [-0.39, 0.29) is 12.0 Å². The second-order valence-electron chi connectivity index (χ2n) is 5.64. The number of carboxylic acids is 1. The average Bonchev–Trinajstić information content (AvgIpc) is 2.23. The number of hydrogen-bond donors (Lipinski definition) is 1. The van der Waals surface area contributed by atoms with E-state index in [0.717, 1.165) is 29.7 Å². The van der Waals surface area contributed by atoms with Crippen LogP contribution in [0.2, 0.25) is 0 Å². The van der Waals surface area contributed by atoms with Gasteiger partial charge in [0.1, 0.15) is 5.60 Å². The van der Waals surface area contributed by atoms with Crippen molar-refractivity contribution in [2.45, 2.75) is 45.6 Å². The number of carbonyl (C=O) groups is 1. The minimum atomic E-state index is -0.808. The number of aryl methyl sites for hydroxylation is 1. The predicted molar refractivity (Wildman–Crippen MR) is 76.1 cm³/mol. The molecular weight excluding hydrogens is 240 g/mol. The predicted octanol–water partition coefficient (Wildman–Crippen LogP) is 3.58. The molecule has 3 heteroatoms. The van der Waals surface area contributed by atoms with Gasteiger partial charge in [-0.15, -0.1) is 0 Å². The van der Waals surface area contributed by atoms with E-state index in [1.165, 1.54) is 0 Å². The van der Waals surface area contributed by atoms with Crippen LogP contribution in [-0.2, 0) is 22.4 Å². The smallest absolute Gasteiger partial charge is 0.307 e. The van der Waals surface area contributed by atoms with Crippen LogP contribution >= 0.6 is 0 Å². The first-order valence-corrected chi connectivity index (χ1v) is 6.43. The van der Waals surface area contributed by atoms with Crippen molar-refractivity contribution in [1.82, 2.24) is 0 Å². The number of benzene rings is 1. The van der Waals surface area contributed by atoms with Crippen molar-refractivity contribution in [2.24, 2.45) is 0 Å². The van der Waals surface area contributed by atoms with E-state index < -0.39 is 5.97 Å². The SMILES string of the molecule is C=C(CCc1cccc(CC(=O)O)c1)OC(C)(C)C. The number of carboxylic acid groups (broad SMARTS) is 1. The maximum absolute atomic E-state index is 10.7. The van der Waals surface area contributed by atoms with Crippen molar-refractivity contribution in [1.29, 1.82) is 0 Å². The van der Waals surface area contributed by atoms with Gasteiger partial charge in [0.05, 0.1) is 12.2 Å². The van der Waals surface area contributed by atoms with E-state index in [0.29, 0.717) is 0 Å². The van der Waals surface area contributed by atoms with E-state index in [9.17, 15) is 4.79 Å². The zero-order valence-electron chi connectivity index (χ0n) is 11.9. The molecule has 1 aromatic rings. The van der Waals surface area contributed by atoms with Crippen LogP contribution in [0.1, 0.15) is 38.3 Å². The van der Waals surface area contributed by atoms with Crippen LogP contribution in [0.3, 0.4) is 0 Å². The maximum Gasteiger partial charge on any atom is 0.307 e. The second-order valence-corrected chi connectivity index (χ2v) is 5.64. The zero-order chi connectivity index (χ0) is 14.5. The lowest BCUT2D eigenvalue weighted by atomic mass is 10.0. The molecule has 0 radical (unpaired) electrons. The van der Waals surface area contributed by atoms with Crippen molar-refractivity contribution in [3.63, 3.8) is 0 Å². The Morgan fingerprint density at radius 3 is 2.53 bits per heavy atom. The van der Waals surface area contributed by atoms with Crippen molar-refractivity contribution in [3.8, 4) is 0 Å². The Bertz CT molecular complexity index is 455. The molecule has 0 heterocycles. The highest BCUT2D eigenvalue weighted by Crippen LogP contribution is 2.17. The summed E-state index contributed by atoms with van der Waals surface area (Å²) < 4.78 is 5.67. The standard InChI is InChI=1S/C16H22O3/c1-12(19-16(2,3)4)8-9-13-6-5-7-14(10-13)11-15(17)18/h5-7,10H,1,8-9,11H2,2-4H3,(H,17,18). The molecular formula is C16H22O3. The molecule has 0 bridgehead atoms. The lowest BCUT2D eigenvalue weighted by Crippen LogP contribution is -2.18. The first-order valence-electron chi connectivity index (χ1n) is 6.43. The summed E-state index contributed by atoms with van der Waals surface area (Å²) in [6.07, 6.45) is 1.61. The van der Waals surface area contributed by atoms with Gasteiger partial charge in [-0.05, 0) is 38.3 Å². The Labute approximate surface area is 114 Å². The number of rotatable bonds is 6. The van der Waals surface area contributed by atoms with E-state index >= 15 is 0 Å². The molecule has 1 aromatic carbocycles. The van der Waals surface area contributed by atoms with E-state index in [1.807, 2.05) is 45.0 Å². The van der Waals surface area contributed by atoms with Crippen LogP contribution in [0.15, 0.2) is 36.6 Å². The lowest BCUT2D eigenvalue weighted by molar-refractivity contribution is -0.136. The summed E-state index contributed by atoms with van der Waals surface area (Å²) >= 11 is 0. The third-order valence-corrected chi connectivity index (χ3v) is 2.49. The lowest BCUT2D eigenvalue weighted by Gasteiger charge is -2.22. The van der Waals surface area contributed by atoms with Gasteiger partial charge in [0.25, 0.3) is 0 Å². The topological polar surface area (TPSA) is 46.5 Å². The highest BCUT2D eigenvalue weighted by Gasteiger charge is 2.12. The van der Waals surface area contributed by atoms with E-state index in [1.54, 1.807) is 0 Å². The van der Waals surface area contributed by atoms with Crippen LogP contribution in [0.4, 0.5) is 0 Å². The molecule has 0 aliphatic heterocycles. The molecule has 0 saturated heterocycles. The van der Waals surface area contributed by atoms with Gasteiger partial charge in [0, 0.05) is 6.42 Å². The summed E-state index contributed by atoms with van der Waals surface area (Å²) in [5.74, 6) is -0.0474. The average molecular weight is 262 g/mol. The normalized spacial score (nSPS) is 11.1. The Hall–Kier alpha value is -1.77. The van der Waals surface area contributed by atoms with Gasteiger partial charge in [-0.1, -0.05) is 30.8 Å². The van der Waals surface area contributed by atoms with Crippen LogP contribution in [0, 0.1) is 0 Å². The highest BCUT2D eigenvalue weighted by molar-refractivity contribution is 5.70. The Morgan fingerprint density at radius 2 is 1.95 bits per heavy atom. The molecule has 1 rings (SSSR count). The molecule has 0 aliphatic rings. The largest absolute Gasteiger partial charge is 0.493 e. The summed E-state index contributed by atoms with van der Waals surface area (Å²) in [5.41, 5.74) is 1.71. The van der Waals surface area contributed by atoms with Crippen LogP contribution in [-0.4, -0.2) is 16.7 Å². The molecule has 19 heavy (non-hydrogen) atoms. The fourth-order valence-electron chi connectivity index (χ4n) is 1.84. The third-order valence-electron chi connectivity index (χ3n) is 2.49. The molecule has 3 nitrogen and oxygen atoms in total. The molecule has 0 spiro atoms. The Morgan fingerprint density at radius 1 is 1.32 bits per heavy atom. The van der Waals surface area contributed by atoms with Gasteiger partial charge in [0.2, 0.25) is 0 Å². The minimum absolute atomic E-state index is 0.0628. The van der Waals surface area contributed by atoms with Gasteiger partial charge in [-0.3, -0.25) is 4.79 Å². The van der Waals surface area contributed by atoms with Crippen molar-refractivity contribution in [2.75, 3.05) is 0 Å². The first kappa shape index (κ1) is 15.3. The molecule has 0 saturated carbocycles. The van der Waals surface area contributed by atoms with E-state index in [2.05, 4.69) is 6.58 Å². The van der Waals surface area contributed by atoms with Crippen molar-refractivity contribution in [3.05, 3.63) is 47.7 Å². The summed E-state index contributed by atoms with van der Waals surface area (Å²) in [4.78, 5) is 10.7. The van der Waals surface area contributed by atoms with Crippen molar-refractivity contribution < 1.29 is 14.6 Å². The molecule has 0 unspecified atom stereocenters. The number of allylic oxidation sites excluding steroid dienone is 1. The third kappa shape index (κ3) is 6.65. The quantitative estimate of drug-likeness (QED) is 0.797. The molecule has 104 valence electrons. The first-order chi connectivity index (χ1) is 8.76. The fraction of sp³-hybridized carbons (Fsp3) is 0.438. The van der Waals surface area contributed by atoms with Crippen LogP contribution in [0.25, 0.3) is 0 Å². The zero-order valence-corrected chi connectivity index (χ0v) is 11.9.